The van der Waals surface area contributed by atoms with Gasteiger partial charge in [-0.25, -0.2) is 0 Å². The Kier molecular flexibility index (Phi) is 5.03. The highest BCUT2D eigenvalue weighted by Crippen LogP contribution is 2.19. The van der Waals surface area contributed by atoms with E-state index in [1.54, 1.807) is 0 Å². The number of hydrogen-bond acceptors (Lipinski definition) is 2. The summed E-state index contributed by atoms with van der Waals surface area (Å²) in [5.74, 6) is 0. The first-order valence-electron chi connectivity index (χ1n) is 7.84. The van der Waals surface area contributed by atoms with Crippen LogP contribution in [-0.4, -0.2) is 18.8 Å². The number of rotatable bonds is 6. The first-order chi connectivity index (χ1) is 10.4. The molecule has 2 nitrogen and oxygen atoms in total. The maximum absolute atomic E-state index is 5.91. The van der Waals surface area contributed by atoms with Crippen LogP contribution in [0.5, 0.6) is 0 Å². The van der Waals surface area contributed by atoms with Crippen LogP contribution in [-0.2, 0) is 17.7 Å². The lowest BCUT2D eigenvalue weighted by molar-refractivity contribution is 0.0777. The molecule has 3 rings (SSSR count). The molecule has 1 aliphatic rings. The Bertz CT molecular complexity index is 520. The summed E-state index contributed by atoms with van der Waals surface area (Å²) in [6, 6.07) is 21.7. The van der Waals surface area contributed by atoms with E-state index >= 15 is 0 Å². The molecule has 0 aromatic heterocycles. The molecule has 0 amide bonds. The van der Waals surface area contributed by atoms with Crippen LogP contribution >= 0.6 is 0 Å². The van der Waals surface area contributed by atoms with Crippen molar-refractivity contribution in [1.29, 1.82) is 0 Å². The first-order valence-corrected chi connectivity index (χ1v) is 7.84. The lowest BCUT2D eigenvalue weighted by atomic mass is 9.99. The normalized spacial score (nSPS) is 19.5. The fraction of sp³-hybridized carbons (Fsp3) is 0.368. The van der Waals surface area contributed by atoms with Crippen molar-refractivity contribution in [2.45, 2.75) is 38.0 Å². The molecule has 0 radical (unpaired) electrons. The molecule has 1 fully saturated rings. The van der Waals surface area contributed by atoms with E-state index in [9.17, 15) is 0 Å². The van der Waals surface area contributed by atoms with E-state index in [2.05, 4.69) is 66.0 Å². The summed E-state index contributed by atoms with van der Waals surface area (Å²) in [7, 11) is 0. The minimum atomic E-state index is 0.342. The van der Waals surface area contributed by atoms with Crippen molar-refractivity contribution in [3.63, 3.8) is 0 Å². The maximum atomic E-state index is 5.91. The van der Waals surface area contributed by atoms with Crippen molar-refractivity contribution in [2.75, 3.05) is 6.61 Å². The molecule has 2 aromatic rings. The van der Waals surface area contributed by atoms with Crippen LogP contribution < -0.4 is 5.32 Å². The molecule has 1 heterocycles. The highest BCUT2D eigenvalue weighted by Gasteiger charge is 2.25. The topological polar surface area (TPSA) is 21.3 Å². The van der Waals surface area contributed by atoms with E-state index < -0.39 is 0 Å². The average molecular weight is 281 g/mol. The predicted octanol–water partition coefficient (Wildman–Crippen LogP) is 3.57. The van der Waals surface area contributed by atoms with E-state index in [4.69, 9.17) is 4.74 Å². The fourth-order valence-electron chi connectivity index (χ4n) is 2.97. The monoisotopic (exact) mass is 281 g/mol. The first kappa shape index (κ1) is 14.3. The largest absolute Gasteiger partial charge is 0.377 e. The van der Waals surface area contributed by atoms with Gasteiger partial charge >= 0.3 is 0 Å². The number of hydrogen-bond donors (Lipinski definition) is 1. The third-order valence-electron chi connectivity index (χ3n) is 4.12. The van der Waals surface area contributed by atoms with Gasteiger partial charge in [0.15, 0.2) is 0 Å². The Morgan fingerprint density at radius 3 is 2.24 bits per heavy atom. The van der Waals surface area contributed by atoms with Crippen LogP contribution in [0, 0.1) is 0 Å². The molecule has 0 bridgehead atoms. The zero-order valence-corrected chi connectivity index (χ0v) is 12.4. The predicted molar refractivity (Wildman–Crippen MR) is 86.2 cm³/mol. The highest BCUT2D eigenvalue weighted by atomic mass is 16.5. The molecule has 0 unspecified atom stereocenters. The maximum Gasteiger partial charge on any atom is 0.0732 e. The summed E-state index contributed by atoms with van der Waals surface area (Å²) in [5.41, 5.74) is 2.70. The smallest absolute Gasteiger partial charge is 0.0732 e. The van der Waals surface area contributed by atoms with Crippen LogP contribution in [0.4, 0.5) is 0 Å². The summed E-state index contributed by atoms with van der Waals surface area (Å²) in [6.45, 7) is 1.81. The number of ether oxygens (including phenoxy) is 1. The van der Waals surface area contributed by atoms with Crippen LogP contribution in [0.15, 0.2) is 60.7 Å². The van der Waals surface area contributed by atoms with E-state index in [-0.39, 0.29) is 0 Å². The van der Waals surface area contributed by atoms with E-state index in [1.165, 1.54) is 24.0 Å². The van der Waals surface area contributed by atoms with Gasteiger partial charge in [0, 0.05) is 19.2 Å². The number of benzene rings is 2. The molecule has 21 heavy (non-hydrogen) atoms. The summed E-state index contributed by atoms with van der Waals surface area (Å²) in [4.78, 5) is 0. The van der Waals surface area contributed by atoms with Crippen molar-refractivity contribution in [3.05, 3.63) is 71.8 Å². The fourth-order valence-corrected chi connectivity index (χ4v) is 2.97. The summed E-state index contributed by atoms with van der Waals surface area (Å²) in [5, 5.41) is 3.70. The third kappa shape index (κ3) is 4.16. The Morgan fingerprint density at radius 2 is 1.62 bits per heavy atom. The molecular weight excluding hydrogens is 258 g/mol. The lowest BCUT2D eigenvalue weighted by Gasteiger charge is -2.24. The quantitative estimate of drug-likeness (QED) is 0.874. The lowest BCUT2D eigenvalue weighted by Crippen LogP contribution is -2.41. The van der Waals surface area contributed by atoms with Gasteiger partial charge in [0.05, 0.1) is 6.10 Å². The van der Waals surface area contributed by atoms with Gasteiger partial charge in [0.1, 0.15) is 0 Å². The Balaban J connectivity index is 1.64. The van der Waals surface area contributed by atoms with Gasteiger partial charge in [-0.05, 0) is 30.4 Å². The van der Waals surface area contributed by atoms with Gasteiger partial charge in [-0.15, -0.1) is 0 Å². The molecule has 2 heteroatoms. The van der Waals surface area contributed by atoms with Crippen molar-refractivity contribution in [2.24, 2.45) is 0 Å². The van der Waals surface area contributed by atoms with E-state index in [1.807, 2.05) is 0 Å². The second-order valence-electron chi connectivity index (χ2n) is 5.71. The average Bonchev–Trinajstić information content (AvgIpc) is 3.08. The van der Waals surface area contributed by atoms with Crippen molar-refractivity contribution in [1.82, 2.24) is 5.32 Å². The summed E-state index contributed by atoms with van der Waals surface area (Å²) >= 11 is 0. The molecule has 1 N–H and O–H groups in total. The third-order valence-corrected chi connectivity index (χ3v) is 4.12. The Morgan fingerprint density at radius 1 is 0.952 bits per heavy atom. The molecular formula is C19H23NO. The molecule has 1 saturated heterocycles. The van der Waals surface area contributed by atoms with Gasteiger partial charge in [-0.1, -0.05) is 60.7 Å². The van der Waals surface area contributed by atoms with Crippen molar-refractivity contribution >= 4 is 0 Å². The molecule has 2 atom stereocenters. The van der Waals surface area contributed by atoms with Crippen molar-refractivity contribution in [3.8, 4) is 0 Å². The van der Waals surface area contributed by atoms with E-state index in [0.717, 1.165) is 19.6 Å². The zero-order chi connectivity index (χ0) is 14.3. The second kappa shape index (κ2) is 7.39. The van der Waals surface area contributed by atoms with Gasteiger partial charge in [0.2, 0.25) is 0 Å². The molecule has 0 spiro atoms. The van der Waals surface area contributed by atoms with Gasteiger partial charge < -0.3 is 10.1 Å². The molecule has 0 aliphatic carbocycles. The molecule has 2 aromatic carbocycles. The van der Waals surface area contributed by atoms with Crippen LogP contribution in [0.3, 0.4) is 0 Å². The van der Waals surface area contributed by atoms with Gasteiger partial charge in [-0.3, -0.25) is 0 Å². The van der Waals surface area contributed by atoms with Crippen LogP contribution in [0.2, 0.25) is 0 Å². The Labute approximate surface area is 127 Å². The summed E-state index contributed by atoms with van der Waals surface area (Å²) in [6.07, 6.45) is 3.72. The van der Waals surface area contributed by atoms with Gasteiger partial charge in [0.25, 0.3) is 0 Å². The van der Waals surface area contributed by atoms with Crippen LogP contribution in [0.25, 0.3) is 0 Å². The minimum absolute atomic E-state index is 0.342. The molecule has 1 aliphatic heterocycles. The highest BCUT2D eigenvalue weighted by molar-refractivity contribution is 5.17. The minimum Gasteiger partial charge on any atom is -0.377 e. The van der Waals surface area contributed by atoms with Crippen molar-refractivity contribution < 1.29 is 4.74 Å². The number of nitrogens with one attached hydrogen (secondary N) is 1. The second-order valence-corrected chi connectivity index (χ2v) is 5.71. The Hall–Kier alpha value is -1.64. The SMILES string of the molecule is c1ccc(CN[C@H](Cc2ccccc2)[C@@H]2CCCO2)cc1. The van der Waals surface area contributed by atoms with E-state index in [0.29, 0.717) is 12.1 Å². The standard InChI is InChI=1S/C19H23NO/c1-3-8-16(9-4-1)14-18(19-12-7-13-21-19)20-15-17-10-5-2-6-11-17/h1-6,8-11,18-20H,7,12-15H2/t18-,19+/m1/s1. The molecule has 0 saturated carbocycles. The summed E-state index contributed by atoms with van der Waals surface area (Å²) < 4.78 is 5.91. The van der Waals surface area contributed by atoms with Crippen LogP contribution in [0.1, 0.15) is 24.0 Å². The van der Waals surface area contributed by atoms with Gasteiger partial charge in [-0.2, -0.15) is 0 Å². The molecule has 110 valence electrons. The zero-order valence-electron chi connectivity index (χ0n) is 12.4.